The number of hydrogen-bond acceptors (Lipinski definition) is 4. The molecule has 0 amide bonds. The molecule has 0 unspecified atom stereocenters. The van der Waals surface area contributed by atoms with Gasteiger partial charge in [-0.05, 0) is 53.5 Å². The molecule has 3 rings (SSSR count). The Kier molecular flexibility index (Phi) is 3.67. The summed E-state index contributed by atoms with van der Waals surface area (Å²) in [6.45, 7) is 2.05. The van der Waals surface area contributed by atoms with Crippen molar-refractivity contribution >= 4 is 17.6 Å². The number of ether oxygens (including phenoxy) is 2. The van der Waals surface area contributed by atoms with Crippen LogP contribution in [0.25, 0.3) is 11.6 Å². The van der Waals surface area contributed by atoms with Gasteiger partial charge in [0.05, 0.1) is 25.5 Å². The normalized spacial score (nSPS) is 12.6. The molecule has 0 saturated carbocycles. The monoisotopic (exact) mass is 295 g/mol. The molecule has 0 radical (unpaired) electrons. The Hall–Kier alpha value is -2.62. The fourth-order valence-corrected chi connectivity index (χ4v) is 2.82. The third-order valence-electron chi connectivity index (χ3n) is 3.95. The van der Waals surface area contributed by atoms with Crippen molar-refractivity contribution in [2.75, 3.05) is 14.2 Å². The van der Waals surface area contributed by atoms with Crippen molar-refractivity contribution in [2.24, 2.45) is 0 Å². The lowest BCUT2D eigenvalue weighted by molar-refractivity contribution is 0.0599. The van der Waals surface area contributed by atoms with Crippen molar-refractivity contribution in [3.05, 3.63) is 58.4 Å². The first kappa shape index (κ1) is 14.3. The predicted octanol–water partition coefficient (Wildman–Crippen LogP) is 3.28. The number of fused-ring (bicyclic) bond motifs is 1. The predicted molar refractivity (Wildman–Crippen MR) is 84.9 cm³/mol. The average molecular weight is 295 g/mol. The summed E-state index contributed by atoms with van der Waals surface area (Å²) in [6, 6.07) is 7.71. The first-order chi connectivity index (χ1) is 10.6. The van der Waals surface area contributed by atoms with E-state index in [2.05, 4.69) is 11.9 Å². The zero-order chi connectivity index (χ0) is 15.7. The van der Waals surface area contributed by atoms with Gasteiger partial charge in [-0.1, -0.05) is 6.07 Å². The zero-order valence-electron chi connectivity index (χ0n) is 12.8. The number of carbonyl (C=O) groups is 1. The van der Waals surface area contributed by atoms with Gasteiger partial charge in [0, 0.05) is 12.6 Å². The summed E-state index contributed by atoms with van der Waals surface area (Å²) >= 11 is 0. The second-order valence-corrected chi connectivity index (χ2v) is 5.24. The molecule has 0 spiro atoms. The number of pyridine rings is 1. The molecule has 1 aromatic carbocycles. The van der Waals surface area contributed by atoms with Crippen molar-refractivity contribution in [3.8, 4) is 5.75 Å². The molecule has 4 heteroatoms. The van der Waals surface area contributed by atoms with E-state index in [1.165, 1.54) is 7.11 Å². The SMILES string of the molecule is COC(=O)c1ccnc2c1CC(c1ccc(OC)cc1C)=C2. The average Bonchev–Trinajstić information content (AvgIpc) is 2.97. The van der Waals surface area contributed by atoms with E-state index < -0.39 is 0 Å². The molecule has 0 fully saturated rings. The van der Waals surface area contributed by atoms with Crippen LogP contribution in [0.3, 0.4) is 0 Å². The fraction of sp³-hybridized carbons (Fsp3) is 0.222. The van der Waals surface area contributed by atoms with E-state index in [4.69, 9.17) is 9.47 Å². The standard InChI is InChI=1S/C18H17NO3/c1-11-8-13(21-2)4-5-14(11)12-9-16-15(18(20)22-3)6-7-19-17(16)10-12/h4-8,10H,9H2,1-3H3. The van der Waals surface area contributed by atoms with Crippen LogP contribution in [0.4, 0.5) is 0 Å². The van der Waals surface area contributed by atoms with Crippen molar-refractivity contribution < 1.29 is 14.3 Å². The third kappa shape index (κ3) is 2.37. The van der Waals surface area contributed by atoms with Crippen LogP contribution in [0, 0.1) is 6.92 Å². The van der Waals surface area contributed by atoms with E-state index in [1.54, 1.807) is 19.4 Å². The van der Waals surface area contributed by atoms with Gasteiger partial charge < -0.3 is 9.47 Å². The summed E-state index contributed by atoms with van der Waals surface area (Å²) < 4.78 is 10.1. The minimum Gasteiger partial charge on any atom is -0.497 e. The lowest BCUT2D eigenvalue weighted by atomic mass is 9.97. The summed E-state index contributed by atoms with van der Waals surface area (Å²) in [4.78, 5) is 16.2. The van der Waals surface area contributed by atoms with Gasteiger partial charge in [-0.25, -0.2) is 4.79 Å². The van der Waals surface area contributed by atoms with E-state index in [-0.39, 0.29) is 5.97 Å². The van der Waals surface area contributed by atoms with Crippen molar-refractivity contribution in [1.82, 2.24) is 4.98 Å². The molecule has 1 aromatic heterocycles. The number of benzene rings is 1. The molecule has 2 aromatic rings. The van der Waals surface area contributed by atoms with Crippen LogP contribution >= 0.6 is 0 Å². The highest BCUT2D eigenvalue weighted by Crippen LogP contribution is 2.34. The Labute approximate surface area is 129 Å². The lowest BCUT2D eigenvalue weighted by Gasteiger charge is -2.10. The maximum atomic E-state index is 11.9. The zero-order valence-corrected chi connectivity index (χ0v) is 12.8. The van der Waals surface area contributed by atoms with Gasteiger partial charge in [0.2, 0.25) is 0 Å². The molecule has 0 N–H and O–H groups in total. The van der Waals surface area contributed by atoms with E-state index in [0.717, 1.165) is 33.7 Å². The largest absolute Gasteiger partial charge is 0.497 e. The van der Waals surface area contributed by atoms with Gasteiger partial charge in [0.15, 0.2) is 0 Å². The van der Waals surface area contributed by atoms with Gasteiger partial charge in [0.25, 0.3) is 0 Å². The molecule has 0 bridgehead atoms. The van der Waals surface area contributed by atoms with Crippen molar-refractivity contribution in [3.63, 3.8) is 0 Å². The topological polar surface area (TPSA) is 48.4 Å². The summed E-state index contributed by atoms with van der Waals surface area (Å²) in [5, 5.41) is 0. The molecule has 0 aliphatic heterocycles. The molecule has 112 valence electrons. The highest BCUT2D eigenvalue weighted by molar-refractivity contribution is 5.97. The Morgan fingerprint density at radius 2 is 2.05 bits per heavy atom. The smallest absolute Gasteiger partial charge is 0.338 e. The summed E-state index contributed by atoms with van der Waals surface area (Å²) in [7, 11) is 3.05. The number of aryl methyl sites for hydroxylation is 1. The van der Waals surface area contributed by atoms with Crippen LogP contribution in [-0.4, -0.2) is 25.2 Å². The van der Waals surface area contributed by atoms with Gasteiger partial charge in [-0.15, -0.1) is 0 Å². The van der Waals surface area contributed by atoms with Crippen LogP contribution in [0.15, 0.2) is 30.5 Å². The molecular formula is C18H17NO3. The number of allylic oxidation sites excluding steroid dienone is 1. The molecule has 0 saturated heterocycles. The number of methoxy groups -OCH3 is 2. The summed E-state index contributed by atoms with van der Waals surface area (Å²) in [5.41, 5.74) is 5.80. The Balaban J connectivity index is 1.99. The Morgan fingerprint density at radius 1 is 1.23 bits per heavy atom. The number of aromatic nitrogens is 1. The second-order valence-electron chi connectivity index (χ2n) is 5.24. The number of carbonyl (C=O) groups excluding carboxylic acids is 1. The number of rotatable bonds is 3. The van der Waals surface area contributed by atoms with Crippen LogP contribution < -0.4 is 4.74 Å². The van der Waals surface area contributed by atoms with Crippen LogP contribution in [0.5, 0.6) is 5.75 Å². The third-order valence-corrected chi connectivity index (χ3v) is 3.95. The van der Waals surface area contributed by atoms with Crippen LogP contribution in [0.1, 0.15) is 32.7 Å². The molecule has 1 aliphatic rings. The number of esters is 1. The van der Waals surface area contributed by atoms with E-state index in [9.17, 15) is 4.79 Å². The number of nitrogens with zero attached hydrogens (tertiary/aromatic N) is 1. The van der Waals surface area contributed by atoms with Crippen molar-refractivity contribution in [1.29, 1.82) is 0 Å². The van der Waals surface area contributed by atoms with Gasteiger partial charge in [-0.3, -0.25) is 4.98 Å². The number of hydrogen-bond donors (Lipinski definition) is 0. The molecule has 4 nitrogen and oxygen atoms in total. The van der Waals surface area contributed by atoms with E-state index in [0.29, 0.717) is 12.0 Å². The minimum absolute atomic E-state index is 0.320. The molecule has 1 heterocycles. The first-order valence-corrected chi connectivity index (χ1v) is 7.06. The van der Waals surface area contributed by atoms with E-state index in [1.807, 2.05) is 24.3 Å². The Bertz CT molecular complexity index is 778. The van der Waals surface area contributed by atoms with Gasteiger partial charge in [-0.2, -0.15) is 0 Å². The quantitative estimate of drug-likeness (QED) is 0.815. The highest BCUT2D eigenvalue weighted by Gasteiger charge is 2.22. The summed E-state index contributed by atoms with van der Waals surface area (Å²) in [5.74, 6) is 0.519. The fourth-order valence-electron chi connectivity index (χ4n) is 2.82. The maximum absolute atomic E-state index is 11.9. The van der Waals surface area contributed by atoms with Gasteiger partial charge >= 0.3 is 5.97 Å². The first-order valence-electron chi connectivity index (χ1n) is 7.06. The molecule has 0 atom stereocenters. The molecule has 22 heavy (non-hydrogen) atoms. The summed E-state index contributed by atoms with van der Waals surface area (Å²) in [6.07, 6.45) is 4.36. The second kappa shape index (κ2) is 5.64. The highest BCUT2D eigenvalue weighted by atomic mass is 16.5. The van der Waals surface area contributed by atoms with Gasteiger partial charge in [0.1, 0.15) is 5.75 Å². The van der Waals surface area contributed by atoms with Crippen molar-refractivity contribution in [2.45, 2.75) is 13.3 Å². The Morgan fingerprint density at radius 3 is 2.73 bits per heavy atom. The molecular weight excluding hydrogens is 278 g/mol. The molecule has 1 aliphatic carbocycles. The maximum Gasteiger partial charge on any atom is 0.338 e. The minimum atomic E-state index is -0.320. The van der Waals surface area contributed by atoms with Crippen LogP contribution in [0.2, 0.25) is 0 Å². The lowest BCUT2D eigenvalue weighted by Crippen LogP contribution is -2.06. The van der Waals surface area contributed by atoms with Crippen LogP contribution in [-0.2, 0) is 11.2 Å². The van der Waals surface area contributed by atoms with E-state index >= 15 is 0 Å².